The minimum Gasteiger partial charge on any atom is -0.462 e. The predicted octanol–water partition coefficient (Wildman–Crippen LogP) is 3.25. The molecular formula is C18H26O7S. The molecule has 0 heterocycles. The van der Waals surface area contributed by atoms with Crippen molar-refractivity contribution >= 4 is 22.1 Å². The highest BCUT2D eigenvalue weighted by Gasteiger charge is 2.19. The molecule has 0 aliphatic rings. The van der Waals surface area contributed by atoms with Crippen molar-refractivity contribution in [2.75, 3.05) is 19.0 Å². The van der Waals surface area contributed by atoms with Gasteiger partial charge in [-0.05, 0) is 18.6 Å². The highest BCUT2D eigenvalue weighted by molar-refractivity contribution is 7.85. The zero-order valence-electron chi connectivity index (χ0n) is 15.0. The van der Waals surface area contributed by atoms with Gasteiger partial charge in [0.2, 0.25) is 0 Å². The highest BCUT2D eigenvalue weighted by Crippen LogP contribution is 2.13. The van der Waals surface area contributed by atoms with Crippen molar-refractivity contribution in [2.24, 2.45) is 0 Å². The standard InChI is InChI=1S/C18H26O7S/c1-2-3-4-5-6-9-12-24-17(19)15-10-7-8-11-16(15)18(20)25-13-14-26(21,22)23/h7-8,10-11H,2-6,9,12-14H2,1H3,(H,21,22,23). The van der Waals surface area contributed by atoms with Crippen molar-refractivity contribution < 1.29 is 32.0 Å². The molecule has 8 heteroatoms. The summed E-state index contributed by atoms with van der Waals surface area (Å²) in [5.74, 6) is -2.18. The van der Waals surface area contributed by atoms with E-state index in [9.17, 15) is 18.0 Å². The van der Waals surface area contributed by atoms with Gasteiger partial charge in [0.25, 0.3) is 10.1 Å². The third-order valence-corrected chi connectivity index (χ3v) is 4.35. The van der Waals surface area contributed by atoms with Crippen molar-refractivity contribution in [3.05, 3.63) is 35.4 Å². The van der Waals surface area contributed by atoms with E-state index in [1.54, 1.807) is 12.1 Å². The van der Waals surface area contributed by atoms with Crippen LogP contribution >= 0.6 is 0 Å². The zero-order chi connectivity index (χ0) is 19.4. The molecule has 0 aromatic heterocycles. The first-order valence-electron chi connectivity index (χ1n) is 8.73. The molecule has 0 amide bonds. The molecule has 0 atom stereocenters. The number of carbonyl (C=O) groups excluding carboxylic acids is 2. The first-order valence-corrected chi connectivity index (χ1v) is 10.3. The van der Waals surface area contributed by atoms with Crippen LogP contribution in [0.1, 0.15) is 66.2 Å². The molecule has 26 heavy (non-hydrogen) atoms. The van der Waals surface area contributed by atoms with Crippen LogP contribution < -0.4 is 0 Å². The largest absolute Gasteiger partial charge is 0.462 e. The molecule has 0 radical (unpaired) electrons. The Kier molecular flexibility index (Phi) is 9.90. The summed E-state index contributed by atoms with van der Waals surface area (Å²) >= 11 is 0. The molecule has 0 fully saturated rings. The molecular weight excluding hydrogens is 360 g/mol. The van der Waals surface area contributed by atoms with Gasteiger partial charge in [-0.15, -0.1) is 0 Å². The first-order chi connectivity index (χ1) is 12.3. The summed E-state index contributed by atoms with van der Waals surface area (Å²) in [5.41, 5.74) is 0.0612. The molecule has 0 unspecified atom stereocenters. The maximum Gasteiger partial charge on any atom is 0.339 e. The van der Waals surface area contributed by atoms with Crippen molar-refractivity contribution in [1.29, 1.82) is 0 Å². The Morgan fingerprint density at radius 1 is 0.885 bits per heavy atom. The van der Waals surface area contributed by atoms with Crippen LogP contribution in [0.15, 0.2) is 24.3 Å². The number of esters is 2. The second-order valence-corrected chi connectivity index (χ2v) is 7.44. The summed E-state index contributed by atoms with van der Waals surface area (Å²) in [6.07, 6.45) is 6.38. The van der Waals surface area contributed by atoms with Crippen LogP contribution in [0.4, 0.5) is 0 Å². The quantitative estimate of drug-likeness (QED) is 0.334. The minimum atomic E-state index is -4.22. The minimum absolute atomic E-state index is 0.00390. The summed E-state index contributed by atoms with van der Waals surface area (Å²) in [4.78, 5) is 24.2. The molecule has 146 valence electrons. The Morgan fingerprint density at radius 3 is 1.92 bits per heavy atom. The van der Waals surface area contributed by atoms with Crippen LogP contribution in [0, 0.1) is 0 Å². The van der Waals surface area contributed by atoms with Crippen LogP contribution in [0.5, 0.6) is 0 Å². The van der Waals surface area contributed by atoms with E-state index in [2.05, 4.69) is 6.92 Å². The van der Waals surface area contributed by atoms with Gasteiger partial charge in [0.1, 0.15) is 12.4 Å². The van der Waals surface area contributed by atoms with Gasteiger partial charge < -0.3 is 9.47 Å². The zero-order valence-corrected chi connectivity index (χ0v) is 15.8. The van der Waals surface area contributed by atoms with Crippen LogP contribution in [0.3, 0.4) is 0 Å². The lowest BCUT2D eigenvalue weighted by atomic mass is 10.1. The molecule has 0 saturated heterocycles. The number of carbonyl (C=O) groups is 2. The van der Waals surface area contributed by atoms with Gasteiger partial charge >= 0.3 is 11.9 Å². The van der Waals surface area contributed by atoms with Gasteiger partial charge in [-0.3, -0.25) is 4.55 Å². The smallest absolute Gasteiger partial charge is 0.339 e. The van der Waals surface area contributed by atoms with E-state index in [-0.39, 0.29) is 17.7 Å². The molecule has 0 aliphatic carbocycles. The summed E-state index contributed by atoms with van der Waals surface area (Å²) in [7, 11) is -4.22. The monoisotopic (exact) mass is 386 g/mol. The lowest BCUT2D eigenvalue weighted by Gasteiger charge is -2.09. The number of unbranched alkanes of at least 4 members (excludes halogenated alkanes) is 5. The van der Waals surface area contributed by atoms with Gasteiger partial charge in [-0.2, -0.15) is 8.42 Å². The van der Waals surface area contributed by atoms with Crippen LogP contribution in [-0.2, 0) is 19.6 Å². The van der Waals surface area contributed by atoms with Crippen molar-refractivity contribution in [3.63, 3.8) is 0 Å². The molecule has 0 spiro atoms. The lowest BCUT2D eigenvalue weighted by Crippen LogP contribution is -2.18. The molecule has 1 aromatic rings. The van der Waals surface area contributed by atoms with Crippen molar-refractivity contribution in [2.45, 2.75) is 45.4 Å². The predicted molar refractivity (Wildman–Crippen MR) is 96.8 cm³/mol. The molecule has 7 nitrogen and oxygen atoms in total. The third kappa shape index (κ3) is 8.96. The Hall–Kier alpha value is -1.93. The lowest BCUT2D eigenvalue weighted by molar-refractivity contribution is 0.0463. The van der Waals surface area contributed by atoms with E-state index >= 15 is 0 Å². The highest BCUT2D eigenvalue weighted by atomic mass is 32.2. The van der Waals surface area contributed by atoms with E-state index in [0.29, 0.717) is 0 Å². The van der Waals surface area contributed by atoms with Gasteiger partial charge in [0, 0.05) is 0 Å². The summed E-state index contributed by atoms with van der Waals surface area (Å²) in [6, 6.07) is 6.00. The average Bonchev–Trinajstić information content (AvgIpc) is 2.59. The molecule has 1 rings (SSSR count). The Morgan fingerprint density at radius 2 is 1.38 bits per heavy atom. The number of hydrogen-bond acceptors (Lipinski definition) is 6. The van der Waals surface area contributed by atoms with Gasteiger partial charge in [-0.25, -0.2) is 9.59 Å². The number of ether oxygens (including phenoxy) is 2. The third-order valence-electron chi connectivity index (χ3n) is 3.67. The fourth-order valence-corrected chi connectivity index (χ4v) is 2.58. The maximum atomic E-state index is 12.2. The fourth-order valence-electron chi connectivity index (χ4n) is 2.28. The molecule has 1 N–H and O–H groups in total. The Balaban J connectivity index is 2.51. The molecule has 0 bridgehead atoms. The van der Waals surface area contributed by atoms with E-state index < -0.39 is 34.4 Å². The van der Waals surface area contributed by atoms with Crippen molar-refractivity contribution in [3.8, 4) is 0 Å². The Bertz CT molecular complexity index is 683. The number of benzene rings is 1. The maximum absolute atomic E-state index is 12.2. The second kappa shape index (κ2) is 11.6. The van der Waals surface area contributed by atoms with Gasteiger partial charge in [-0.1, -0.05) is 51.2 Å². The summed E-state index contributed by atoms with van der Waals surface area (Å²) < 4.78 is 39.9. The number of hydrogen-bond donors (Lipinski definition) is 1. The molecule has 1 aromatic carbocycles. The topological polar surface area (TPSA) is 107 Å². The van der Waals surface area contributed by atoms with E-state index in [0.717, 1.165) is 19.3 Å². The molecule has 0 aliphatic heterocycles. The van der Waals surface area contributed by atoms with Gasteiger partial charge in [0.05, 0.1) is 17.7 Å². The van der Waals surface area contributed by atoms with Crippen LogP contribution in [0.25, 0.3) is 0 Å². The van der Waals surface area contributed by atoms with E-state index in [1.807, 2.05) is 0 Å². The number of rotatable bonds is 12. The first kappa shape index (κ1) is 22.1. The second-order valence-electron chi connectivity index (χ2n) is 5.87. The summed E-state index contributed by atoms with van der Waals surface area (Å²) in [5, 5.41) is 0. The SMILES string of the molecule is CCCCCCCCOC(=O)c1ccccc1C(=O)OCCS(=O)(=O)O. The summed E-state index contributed by atoms with van der Waals surface area (Å²) in [6.45, 7) is 1.92. The van der Waals surface area contributed by atoms with Gasteiger partial charge in [0.15, 0.2) is 0 Å². The van der Waals surface area contributed by atoms with Crippen LogP contribution in [0.2, 0.25) is 0 Å². The normalized spacial score (nSPS) is 11.2. The average molecular weight is 386 g/mol. The van der Waals surface area contributed by atoms with Crippen LogP contribution in [-0.4, -0.2) is 43.9 Å². The van der Waals surface area contributed by atoms with Crippen molar-refractivity contribution in [1.82, 2.24) is 0 Å². The van der Waals surface area contributed by atoms with E-state index in [1.165, 1.54) is 31.4 Å². The fraction of sp³-hybridized carbons (Fsp3) is 0.556. The van der Waals surface area contributed by atoms with E-state index in [4.69, 9.17) is 14.0 Å². The Labute approximate surface area is 154 Å². The molecule has 0 saturated carbocycles.